The minimum absolute atomic E-state index is 0.117. The summed E-state index contributed by atoms with van der Waals surface area (Å²) in [6.07, 6.45) is 2.65. The van der Waals surface area contributed by atoms with Gasteiger partial charge in [0.2, 0.25) is 5.91 Å². The molecule has 1 aliphatic carbocycles. The summed E-state index contributed by atoms with van der Waals surface area (Å²) in [5.74, 6) is 0.808. The molecule has 20 heavy (non-hydrogen) atoms. The summed E-state index contributed by atoms with van der Waals surface area (Å²) in [5, 5.41) is 11.0. The molecule has 0 bridgehead atoms. The van der Waals surface area contributed by atoms with E-state index in [1.165, 1.54) is 0 Å². The van der Waals surface area contributed by atoms with Crippen molar-refractivity contribution < 1.29 is 4.79 Å². The number of carbonyl (C=O) groups excluding carboxylic acids is 1. The normalized spacial score (nSPS) is 20.5. The van der Waals surface area contributed by atoms with Gasteiger partial charge in [-0.15, -0.1) is 0 Å². The maximum Gasteiger partial charge on any atom is 0.227 e. The van der Waals surface area contributed by atoms with E-state index in [1.54, 1.807) is 6.20 Å². The maximum absolute atomic E-state index is 12.0. The van der Waals surface area contributed by atoms with Gasteiger partial charge in [0.15, 0.2) is 0 Å². The molecule has 4 heteroatoms. The fraction of sp³-hybridized carbons (Fsp3) is 0.312. The van der Waals surface area contributed by atoms with E-state index >= 15 is 0 Å². The molecule has 4 nitrogen and oxygen atoms in total. The fourth-order valence-corrected chi connectivity index (χ4v) is 2.34. The molecule has 0 unspecified atom stereocenters. The number of carbonyl (C=O) groups is 1. The van der Waals surface area contributed by atoms with Crippen LogP contribution in [0.1, 0.15) is 18.9 Å². The summed E-state index contributed by atoms with van der Waals surface area (Å²) in [6, 6.07) is 9.67. The van der Waals surface area contributed by atoms with E-state index in [0.717, 1.165) is 28.9 Å². The highest BCUT2D eigenvalue weighted by Gasteiger charge is 2.39. The molecule has 0 saturated heterocycles. The Morgan fingerprint density at radius 2 is 2.15 bits per heavy atom. The number of aromatic nitrogens is 2. The number of hydrogen-bond acceptors (Lipinski definition) is 3. The summed E-state index contributed by atoms with van der Waals surface area (Å²) in [4.78, 5) is 12.0. The van der Waals surface area contributed by atoms with E-state index in [1.807, 2.05) is 37.3 Å². The molecule has 2 atom stereocenters. The SMILES string of the molecule is Cc1ccc(NC(=O)[C@@H]2C[C@H]2C)cc1-c1cccnn1. The molecule has 1 saturated carbocycles. The second kappa shape index (κ2) is 5.04. The summed E-state index contributed by atoms with van der Waals surface area (Å²) in [5.41, 5.74) is 3.75. The molecule has 1 amide bonds. The van der Waals surface area contributed by atoms with Crippen molar-refractivity contribution >= 4 is 11.6 Å². The molecule has 2 aromatic rings. The van der Waals surface area contributed by atoms with Crippen molar-refractivity contribution in [1.82, 2.24) is 10.2 Å². The third-order valence-corrected chi connectivity index (χ3v) is 3.80. The number of benzene rings is 1. The third kappa shape index (κ3) is 2.54. The van der Waals surface area contributed by atoms with Gasteiger partial charge in [-0.05, 0) is 49.1 Å². The summed E-state index contributed by atoms with van der Waals surface area (Å²) in [6.45, 7) is 4.13. The molecule has 1 aliphatic rings. The number of nitrogens with zero attached hydrogens (tertiary/aromatic N) is 2. The average Bonchev–Trinajstić information content (AvgIpc) is 3.19. The topological polar surface area (TPSA) is 54.9 Å². The smallest absolute Gasteiger partial charge is 0.227 e. The Labute approximate surface area is 118 Å². The first-order valence-electron chi connectivity index (χ1n) is 6.85. The Balaban J connectivity index is 1.85. The molecule has 0 spiro atoms. The Kier molecular flexibility index (Phi) is 3.22. The number of nitrogens with one attached hydrogen (secondary N) is 1. The molecule has 1 fully saturated rings. The molecule has 1 heterocycles. The van der Waals surface area contributed by atoms with Crippen LogP contribution in [0.4, 0.5) is 5.69 Å². The van der Waals surface area contributed by atoms with E-state index in [0.29, 0.717) is 5.92 Å². The average molecular weight is 267 g/mol. The maximum atomic E-state index is 12.0. The standard InChI is InChI=1S/C16H17N3O/c1-10-5-6-12(18-16(20)14-8-11(14)2)9-13(10)15-4-3-7-17-19-15/h3-7,9,11,14H,8H2,1-2H3,(H,18,20)/t11-,14-/m1/s1. The summed E-state index contributed by atoms with van der Waals surface area (Å²) < 4.78 is 0. The van der Waals surface area contributed by atoms with Crippen molar-refractivity contribution in [3.05, 3.63) is 42.1 Å². The van der Waals surface area contributed by atoms with Gasteiger partial charge in [0, 0.05) is 23.4 Å². The zero-order chi connectivity index (χ0) is 14.1. The second-order valence-electron chi connectivity index (χ2n) is 5.45. The van der Waals surface area contributed by atoms with E-state index in [9.17, 15) is 4.79 Å². The van der Waals surface area contributed by atoms with Gasteiger partial charge in [0.25, 0.3) is 0 Å². The number of anilines is 1. The van der Waals surface area contributed by atoms with Gasteiger partial charge in [0.05, 0.1) is 5.69 Å². The van der Waals surface area contributed by atoms with Crippen molar-refractivity contribution in [3.8, 4) is 11.3 Å². The van der Waals surface area contributed by atoms with Crippen LogP contribution in [0.3, 0.4) is 0 Å². The lowest BCUT2D eigenvalue weighted by molar-refractivity contribution is -0.117. The molecule has 1 aromatic heterocycles. The van der Waals surface area contributed by atoms with Gasteiger partial charge in [0.1, 0.15) is 0 Å². The Hall–Kier alpha value is -2.23. The highest BCUT2D eigenvalue weighted by Crippen LogP contribution is 2.38. The van der Waals surface area contributed by atoms with Crippen LogP contribution in [0.15, 0.2) is 36.5 Å². The molecule has 1 N–H and O–H groups in total. The fourth-order valence-electron chi connectivity index (χ4n) is 2.34. The predicted molar refractivity (Wildman–Crippen MR) is 78.1 cm³/mol. The lowest BCUT2D eigenvalue weighted by Crippen LogP contribution is -2.14. The van der Waals surface area contributed by atoms with Crippen molar-refractivity contribution in [2.45, 2.75) is 20.3 Å². The van der Waals surface area contributed by atoms with Crippen LogP contribution in [0.25, 0.3) is 11.3 Å². The van der Waals surface area contributed by atoms with E-state index in [2.05, 4.69) is 22.4 Å². The first-order valence-corrected chi connectivity index (χ1v) is 6.85. The van der Waals surface area contributed by atoms with E-state index in [4.69, 9.17) is 0 Å². The quantitative estimate of drug-likeness (QED) is 0.930. The Morgan fingerprint density at radius 1 is 1.35 bits per heavy atom. The number of aryl methyl sites for hydroxylation is 1. The Bertz CT molecular complexity index is 639. The van der Waals surface area contributed by atoms with Crippen molar-refractivity contribution in [2.24, 2.45) is 11.8 Å². The number of hydrogen-bond donors (Lipinski definition) is 1. The van der Waals surface area contributed by atoms with E-state index in [-0.39, 0.29) is 11.8 Å². The lowest BCUT2D eigenvalue weighted by atomic mass is 10.0. The largest absolute Gasteiger partial charge is 0.326 e. The number of rotatable bonds is 3. The van der Waals surface area contributed by atoms with Gasteiger partial charge < -0.3 is 5.32 Å². The first-order chi connectivity index (χ1) is 9.65. The summed E-state index contributed by atoms with van der Waals surface area (Å²) >= 11 is 0. The zero-order valence-corrected chi connectivity index (χ0v) is 11.6. The van der Waals surface area contributed by atoms with Crippen LogP contribution >= 0.6 is 0 Å². The van der Waals surface area contributed by atoms with E-state index < -0.39 is 0 Å². The molecule has 1 aromatic carbocycles. The van der Waals surface area contributed by atoms with Crippen molar-refractivity contribution in [1.29, 1.82) is 0 Å². The van der Waals surface area contributed by atoms with Crippen molar-refractivity contribution in [3.63, 3.8) is 0 Å². The van der Waals surface area contributed by atoms with Gasteiger partial charge in [-0.25, -0.2) is 0 Å². The minimum Gasteiger partial charge on any atom is -0.326 e. The predicted octanol–water partition coefficient (Wildman–Crippen LogP) is 3.05. The Morgan fingerprint density at radius 3 is 2.80 bits per heavy atom. The van der Waals surface area contributed by atoms with Gasteiger partial charge in [-0.2, -0.15) is 10.2 Å². The van der Waals surface area contributed by atoms with Crippen LogP contribution in [-0.2, 0) is 4.79 Å². The highest BCUT2D eigenvalue weighted by atomic mass is 16.2. The summed E-state index contributed by atoms with van der Waals surface area (Å²) in [7, 11) is 0. The van der Waals surface area contributed by atoms with Gasteiger partial charge >= 0.3 is 0 Å². The monoisotopic (exact) mass is 267 g/mol. The number of amides is 1. The van der Waals surface area contributed by atoms with Crippen molar-refractivity contribution in [2.75, 3.05) is 5.32 Å². The second-order valence-corrected chi connectivity index (χ2v) is 5.45. The van der Waals surface area contributed by atoms with Crippen LogP contribution in [0, 0.1) is 18.8 Å². The minimum atomic E-state index is 0.117. The molecule has 3 rings (SSSR count). The molecular formula is C16H17N3O. The third-order valence-electron chi connectivity index (χ3n) is 3.80. The molecule has 0 aliphatic heterocycles. The zero-order valence-electron chi connectivity index (χ0n) is 11.6. The van der Waals surface area contributed by atoms with Crippen LogP contribution in [0.2, 0.25) is 0 Å². The molecule has 102 valence electrons. The van der Waals surface area contributed by atoms with Gasteiger partial charge in [-0.1, -0.05) is 13.0 Å². The highest BCUT2D eigenvalue weighted by molar-refractivity contribution is 5.95. The molecular weight excluding hydrogens is 250 g/mol. The van der Waals surface area contributed by atoms with Crippen LogP contribution < -0.4 is 5.32 Å². The lowest BCUT2D eigenvalue weighted by Gasteiger charge is -2.09. The van der Waals surface area contributed by atoms with Crippen LogP contribution in [0.5, 0.6) is 0 Å². The van der Waals surface area contributed by atoms with Gasteiger partial charge in [-0.3, -0.25) is 4.79 Å². The van der Waals surface area contributed by atoms with Crippen LogP contribution in [-0.4, -0.2) is 16.1 Å². The first kappa shape index (κ1) is 12.8. The molecule has 0 radical (unpaired) electrons.